The third-order valence-electron chi connectivity index (χ3n) is 14.8. The van der Waals surface area contributed by atoms with Crippen LogP contribution >= 0.6 is 0 Å². The second kappa shape index (κ2) is 16.1. The first-order valence-electron chi connectivity index (χ1n) is 24.2. The molecule has 0 saturated heterocycles. The van der Waals surface area contributed by atoms with Gasteiger partial charge < -0.3 is 13.7 Å². The minimum atomic E-state index is -2.74. The molecule has 0 spiro atoms. The summed E-state index contributed by atoms with van der Waals surface area (Å²) < 4.78 is 7.48. The van der Waals surface area contributed by atoms with Crippen LogP contribution in [-0.4, -0.2) is 21.8 Å². The fraction of sp³-hybridized carbons (Fsp3) is 0. The Morgan fingerprint density at radius 2 is 0.629 bits per heavy atom. The van der Waals surface area contributed by atoms with Gasteiger partial charge in [-0.05, 0) is 80.9 Å². The van der Waals surface area contributed by atoms with Crippen molar-refractivity contribution in [1.29, 1.82) is 0 Å². The molecule has 3 heterocycles. The number of benzene rings is 11. The predicted octanol–water partition coefficient (Wildman–Crippen LogP) is 14.0. The number of fused-ring (bicyclic) bond motifs is 9. The molecule has 3 aromatic heterocycles. The van der Waals surface area contributed by atoms with Crippen molar-refractivity contribution in [2.45, 2.75) is 0 Å². The van der Waals surface area contributed by atoms with Crippen LogP contribution < -0.4 is 20.7 Å². The second-order valence-electron chi connectivity index (χ2n) is 18.4. The second-order valence-corrected chi connectivity index (χ2v) is 22.2. The molecule has 11 aromatic carbocycles. The molecule has 0 aliphatic rings. The van der Waals surface area contributed by atoms with Crippen molar-refractivity contribution >= 4 is 94.2 Å². The van der Waals surface area contributed by atoms with Gasteiger partial charge in [0.2, 0.25) is 0 Å². The van der Waals surface area contributed by atoms with Crippen LogP contribution in [0.1, 0.15) is 0 Å². The van der Waals surface area contributed by atoms with Gasteiger partial charge in [-0.1, -0.05) is 218 Å². The number of rotatable bonds is 8. The molecular formula is C66H45N3Si. The Balaban J connectivity index is 1.04. The summed E-state index contributed by atoms with van der Waals surface area (Å²) in [5, 5.41) is 12.8. The Kier molecular flexibility index (Phi) is 9.23. The molecule has 0 N–H and O–H groups in total. The fourth-order valence-electron chi connectivity index (χ4n) is 12.0. The van der Waals surface area contributed by atoms with Gasteiger partial charge >= 0.3 is 0 Å². The number of para-hydroxylation sites is 6. The van der Waals surface area contributed by atoms with Gasteiger partial charge in [0.05, 0.1) is 38.8 Å². The van der Waals surface area contributed by atoms with Gasteiger partial charge in [0, 0.05) is 49.3 Å². The zero-order chi connectivity index (χ0) is 46.2. The molecule has 4 heteroatoms. The molecule has 0 atom stereocenters. The maximum atomic E-state index is 2.56. The van der Waals surface area contributed by atoms with E-state index >= 15 is 0 Å². The van der Waals surface area contributed by atoms with Gasteiger partial charge in [0.15, 0.2) is 8.07 Å². The number of aromatic nitrogens is 3. The highest BCUT2D eigenvalue weighted by atomic mass is 28.3. The Morgan fingerprint density at radius 3 is 1.23 bits per heavy atom. The van der Waals surface area contributed by atoms with Gasteiger partial charge in [-0.15, -0.1) is 0 Å². The minimum Gasteiger partial charge on any atom is -0.309 e. The third kappa shape index (κ3) is 5.87. The van der Waals surface area contributed by atoms with Crippen LogP contribution in [0.4, 0.5) is 0 Å². The topological polar surface area (TPSA) is 14.8 Å². The molecule has 70 heavy (non-hydrogen) atoms. The van der Waals surface area contributed by atoms with Crippen molar-refractivity contribution in [2.24, 2.45) is 0 Å². The summed E-state index contributed by atoms with van der Waals surface area (Å²) in [5.74, 6) is 0. The van der Waals surface area contributed by atoms with E-state index in [1.54, 1.807) is 0 Å². The van der Waals surface area contributed by atoms with E-state index < -0.39 is 8.07 Å². The lowest BCUT2D eigenvalue weighted by Crippen LogP contribution is -2.74. The molecule has 328 valence electrons. The van der Waals surface area contributed by atoms with Crippen LogP contribution in [0.5, 0.6) is 0 Å². The lowest BCUT2D eigenvalue weighted by molar-refractivity contribution is 1.13. The number of nitrogens with zero attached hydrogens (tertiary/aromatic N) is 3. The summed E-state index contributed by atoms with van der Waals surface area (Å²) in [6, 6.07) is 101. The SMILES string of the molecule is c1ccc(-n2c3ccccc3c3c(-c4cccc5c6ccccc6n(-c6cccc7c8ccccc8n(-c8ccc([Si](c9ccccc9)(c9ccccc9)c9ccccc9)cc8)c67)c45)cccc32)cc1. The van der Waals surface area contributed by atoms with Crippen molar-refractivity contribution in [1.82, 2.24) is 13.7 Å². The summed E-state index contributed by atoms with van der Waals surface area (Å²) >= 11 is 0. The molecule has 0 aliphatic carbocycles. The van der Waals surface area contributed by atoms with E-state index in [0.29, 0.717) is 0 Å². The average Bonchev–Trinajstić information content (AvgIpc) is 4.09. The van der Waals surface area contributed by atoms with Crippen LogP contribution in [0.15, 0.2) is 273 Å². The van der Waals surface area contributed by atoms with Gasteiger partial charge in [-0.25, -0.2) is 0 Å². The summed E-state index contributed by atoms with van der Waals surface area (Å²) in [5.41, 5.74) is 12.9. The van der Waals surface area contributed by atoms with Crippen LogP contribution in [0.3, 0.4) is 0 Å². The molecule has 0 saturated carbocycles. The summed E-state index contributed by atoms with van der Waals surface area (Å²) in [6.07, 6.45) is 0. The third-order valence-corrected chi connectivity index (χ3v) is 19.6. The highest BCUT2D eigenvalue weighted by Crippen LogP contribution is 2.45. The highest BCUT2D eigenvalue weighted by Gasteiger charge is 2.41. The molecule has 0 bridgehead atoms. The first kappa shape index (κ1) is 40.1. The zero-order valence-corrected chi connectivity index (χ0v) is 39.3. The van der Waals surface area contributed by atoms with Crippen molar-refractivity contribution in [2.75, 3.05) is 0 Å². The van der Waals surface area contributed by atoms with Gasteiger partial charge in [-0.2, -0.15) is 0 Å². The molecule has 0 fully saturated rings. The van der Waals surface area contributed by atoms with Crippen LogP contribution in [-0.2, 0) is 0 Å². The standard InChI is InChI=1S/C66H45N3Si/c1-5-22-46(23-6-1)67-61-39-18-15-32-58(61)64-54(33-20-40-62(64)67)57-35-19-34-55-52-30-14-17-38-60(52)69(65(55)57)63-41-21-36-56-53-31-13-16-37-59(53)68(66(56)63)47-42-44-51(45-43-47)70(48-24-7-2-8-25-48,49-26-9-3-10-27-49)50-28-11-4-12-29-50/h1-45H. The quantitative estimate of drug-likeness (QED) is 0.107. The molecule has 0 radical (unpaired) electrons. The van der Waals surface area contributed by atoms with E-state index in [9.17, 15) is 0 Å². The zero-order valence-electron chi connectivity index (χ0n) is 38.3. The Labute approximate surface area is 407 Å². The molecular weight excluding hydrogens is 863 g/mol. The van der Waals surface area contributed by atoms with Gasteiger partial charge in [0.1, 0.15) is 0 Å². The molecule has 14 aromatic rings. The smallest absolute Gasteiger partial charge is 0.179 e. The number of hydrogen-bond donors (Lipinski definition) is 0. The normalized spacial score (nSPS) is 12.0. The molecule has 14 rings (SSSR count). The lowest BCUT2D eigenvalue weighted by atomic mass is 9.97. The Morgan fingerprint density at radius 1 is 0.229 bits per heavy atom. The maximum absolute atomic E-state index is 2.74. The minimum absolute atomic E-state index is 1.12. The van der Waals surface area contributed by atoms with E-state index in [-0.39, 0.29) is 0 Å². The van der Waals surface area contributed by atoms with Crippen LogP contribution in [0, 0.1) is 0 Å². The van der Waals surface area contributed by atoms with Gasteiger partial charge in [-0.3, -0.25) is 0 Å². The number of hydrogen-bond acceptors (Lipinski definition) is 0. The summed E-state index contributed by atoms with van der Waals surface area (Å²) in [6.45, 7) is 0. The van der Waals surface area contributed by atoms with Gasteiger partial charge in [0.25, 0.3) is 0 Å². The van der Waals surface area contributed by atoms with E-state index in [4.69, 9.17) is 0 Å². The lowest BCUT2D eigenvalue weighted by Gasteiger charge is -2.34. The van der Waals surface area contributed by atoms with Crippen molar-refractivity contribution in [3.8, 4) is 28.2 Å². The maximum Gasteiger partial charge on any atom is 0.179 e. The summed E-state index contributed by atoms with van der Waals surface area (Å²) in [7, 11) is -2.74. The highest BCUT2D eigenvalue weighted by molar-refractivity contribution is 7.19. The first-order chi connectivity index (χ1) is 34.8. The Hall–Kier alpha value is -8.96. The van der Waals surface area contributed by atoms with Crippen molar-refractivity contribution in [3.63, 3.8) is 0 Å². The fourth-order valence-corrected chi connectivity index (χ4v) is 16.7. The molecule has 0 amide bonds. The van der Waals surface area contributed by atoms with E-state index in [2.05, 4.69) is 287 Å². The summed E-state index contributed by atoms with van der Waals surface area (Å²) in [4.78, 5) is 0. The monoisotopic (exact) mass is 907 g/mol. The molecule has 0 unspecified atom stereocenters. The van der Waals surface area contributed by atoms with Crippen molar-refractivity contribution in [3.05, 3.63) is 273 Å². The van der Waals surface area contributed by atoms with E-state index in [1.807, 2.05) is 0 Å². The van der Waals surface area contributed by atoms with Crippen LogP contribution in [0.25, 0.3) is 93.6 Å². The Bertz CT molecular complexity index is 4170. The predicted molar refractivity (Wildman–Crippen MR) is 299 cm³/mol. The van der Waals surface area contributed by atoms with Crippen molar-refractivity contribution < 1.29 is 0 Å². The van der Waals surface area contributed by atoms with Crippen LogP contribution in [0.2, 0.25) is 0 Å². The van der Waals surface area contributed by atoms with E-state index in [1.165, 1.54) is 97.3 Å². The largest absolute Gasteiger partial charge is 0.309 e. The molecule has 3 nitrogen and oxygen atoms in total. The van der Waals surface area contributed by atoms with E-state index in [0.717, 1.165) is 17.1 Å². The molecule has 0 aliphatic heterocycles. The average molecular weight is 908 g/mol. The first-order valence-corrected chi connectivity index (χ1v) is 26.2.